The highest BCUT2D eigenvalue weighted by Crippen LogP contribution is 2.68. The Morgan fingerprint density at radius 2 is 1.96 bits per heavy atom. The normalized spacial score (nSPS) is 31.7. The number of aryl methyl sites for hydroxylation is 1. The van der Waals surface area contributed by atoms with Crippen LogP contribution in [-0.2, 0) is 14.2 Å². The van der Waals surface area contributed by atoms with Gasteiger partial charge in [-0.2, -0.15) is 0 Å². The minimum atomic E-state index is -0.556. The van der Waals surface area contributed by atoms with Crippen molar-refractivity contribution in [2.75, 3.05) is 0 Å². The molecule has 0 saturated heterocycles. The summed E-state index contributed by atoms with van der Waals surface area (Å²) < 4.78 is 5.19. The van der Waals surface area contributed by atoms with Crippen molar-refractivity contribution < 1.29 is 19.3 Å². The fraction of sp³-hybridized carbons (Fsp3) is 0.619. The molecule has 3 rings (SSSR count). The summed E-state index contributed by atoms with van der Waals surface area (Å²) in [4.78, 5) is 23.6. The fourth-order valence-electron chi connectivity index (χ4n) is 5.43. The third-order valence-electron chi connectivity index (χ3n) is 7.49. The largest absolute Gasteiger partial charge is 0.533 e. The first kappa shape index (κ1) is 19.2. The zero-order valence-electron chi connectivity index (χ0n) is 16.2. The number of benzene rings is 1. The lowest BCUT2D eigenvalue weighted by atomic mass is 9.56. The van der Waals surface area contributed by atoms with E-state index in [9.17, 15) is 14.7 Å². The van der Waals surface area contributed by atoms with Crippen LogP contribution in [-0.4, -0.2) is 30.4 Å². The Labute approximate surface area is 156 Å². The Kier molecular flexibility index (Phi) is 5.04. The SMILES string of the molecule is Cc1ccc(B(CC(=O)CC2C3CCC(C)(C2O)C3(C)C)OC=O)cc1. The van der Waals surface area contributed by atoms with Gasteiger partial charge >= 0.3 is 6.92 Å². The molecular weight excluding hydrogens is 327 g/mol. The van der Waals surface area contributed by atoms with Crippen LogP contribution in [0.15, 0.2) is 24.3 Å². The first-order chi connectivity index (χ1) is 12.2. The van der Waals surface area contributed by atoms with Gasteiger partial charge in [-0.15, -0.1) is 0 Å². The summed E-state index contributed by atoms with van der Waals surface area (Å²) in [7, 11) is 0. The van der Waals surface area contributed by atoms with Crippen molar-refractivity contribution in [1.82, 2.24) is 0 Å². The molecule has 2 saturated carbocycles. The minimum absolute atomic E-state index is 0.00569. The van der Waals surface area contributed by atoms with Gasteiger partial charge in [0.2, 0.25) is 0 Å². The lowest BCUT2D eigenvalue weighted by molar-refractivity contribution is -0.121. The van der Waals surface area contributed by atoms with Crippen LogP contribution in [0.3, 0.4) is 0 Å². The van der Waals surface area contributed by atoms with E-state index in [1.165, 1.54) is 0 Å². The van der Waals surface area contributed by atoms with E-state index >= 15 is 0 Å². The van der Waals surface area contributed by atoms with Gasteiger partial charge in [0, 0.05) is 12.7 Å². The van der Waals surface area contributed by atoms with E-state index in [1.54, 1.807) is 0 Å². The average molecular weight is 356 g/mol. The van der Waals surface area contributed by atoms with Crippen molar-refractivity contribution in [2.24, 2.45) is 22.7 Å². The number of rotatable bonds is 7. The number of carbonyl (C=O) groups is 2. The Morgan fingerprint density at radius 1 is 1.31 bits per heavy atom. The summed E-state index contributed by atoms with van der Waals surface area (Å²) in [5.74, 6) is 0.427. The van der Waals surface area contributed by atoms with Crippen LogP contribution in [0.25, 0.3) is 0 Å². The van der Waals surface area contributed by atoms with Crippen molar-refractivity contribution in [2.45, 2.75) is 59.4 Å². The predicted molar refractivity (Wildman–Crippen MR) is 102 cm³/mol. The van der Waals surface area contributed by atoms with Gasteiger partial charge in [-0.1, -0.05) is 50.6 Å². The smallest absolute Gasteiger partial charge is 0.402 e. The highest BCUT2D eigenvalue weighted by Gasteiger charge is 2.65. The summed E-state index contributed by atoms with van der Waals surface area (Å²) >= 11 is 0. The van der Waals surface area contributed by atoms with Crippen molar-refractivity contribution in [3.63, 3.8) is 0 Å². The molecule has 0 amide bonds. The molecule has 1 N–H and O–H groups in total. The number of hydrogen-bond donors (Lipinski definition) is 1. The topological polar surface area (TPSA) is 63.6 Å². The van der Waals surface area contributed by atoms with E-state index in [4.69, 9.17) is 4.65 Å². The van der Waals surface area contributed by atoms with Gasteiger partial charge in [0.25, 0.3) is 6.47 Å². The Morgan fingerprint density at radius 3 is 2.50 bits per heavy atom. The Hall–Kier alpha value is -1.62. The molecule has 26 heavy (non-hydrogen) atoms. The van der Waals surface area contributed by atoms with Crippen LogP contribution >= 0.6 is 0 Å². The molecule has 0 aliphatic heterocycles. The molecule has 4 atom stereocenters. The molecule has 0 aromatic heterocycles. The molecule has 2 bridgehead atoms. The van der Waals surface area contributed by atoms with E-state index < -0.39 is 13.0 Å². The maximum Gasteiger partial charge on any atom is 0.402 e. The molecule has 1 aromatic rings. The van der Waals surface area contributed by atoms with Crippen molar-refractivity contribution in [1.29, 1.82) is 0 Å². The van der Waals surface area contributed by atoms with E-state index in [-0.39, 0.29) is 28.9 Å². The molecule has 4 nitrogen and oxygen atoms in total. The number of fused-ring (bicyclic) bond motifs is 2. The van der Waals surface area contributed by atoms with Crippen LogP contribution in [0.2, 0.25) is 6.32 Å². The van der Waals surface area contributed by atoms with Crippen molar-refractivity contribution in [3.05, 3.63) is 29.8 Å². The van der Waals surface area contributed by atoms with Gasteiger partial charge in [0.05, 0.1) is 6.10 Å². The molecule has 0 spiro atoms. The maximum atomic E-state index is 12.8. The van der Waals surface area contributed by atoms with Crippen molar-refractivity contribution in [3.8, 4) is 0 Å². The molecule has 140 valence electrons. The summed E-state index contributed by atoms with van der Waals surface area (Å²) in [5, 5.41) is 10.9. The van der Waals surface area contributed by atoms with E-state index in [0.29, 0.717) is 18.8 Å². The molecule has 2 aliphatic carbocycles. The zero-order chi connectivity index (χ0) is 19.1. The lowest BCUT2D eigenvalue weighted by Crippen LogP contribution is -2.39. The zero-order valence-corrected chi connectivity index (χ0v) is 16.2. The molecule has 4 unspecified atom stereocenters. The quantitative estimate of drug-likeness (QED) is 0.603. The van der Waals surface area contributed by atoms with E-state index in [1.807, 2.05) is 31.2 Å². The van der Waals surface area contributed by atoms with Crippen LogP contribution in [0.4, 0.5) is 0 Å². The third kappa shape index (κ3) is 3.00. The second-order valence-electron chi connectivity index (χ2n) is 8.97. The second-order valence-corrected chi connectivity index (χ2v) is 8.97. The second kappa shape index (κ2) is 6.84. The van der Waals surface area contributed by atoms with E-state index in [2.05, 4.69) is 20.8 Å². The van der Waals surface area contributed by atoms with Gasteiger partial charge in [-0.25, -0.2) is 0 Å². The lowest BCUT2D eigenvalue weighted by Gasteiger charge is -2.37. The summed E-state index contributed by atoms with van der Waals surface area (Å²) in [5.41, 5.74) is 1.88. The molecule has 2 fully saturated rings. The first-order valence-electron chi connectivity index (χ1n) is 9.56. The molecule has 2 aliphatic rings. The predicted octanol–water partition coefficient (Wildman–Crippen LogP) is 2.76. The number of ketones is 1. The van der Waals surface area contributed by atoms with Gasteiger partial charge in [0.1, 0.15) is 5.78 Å². The standard InChI is InChI=1S/C21H29BO4/c1-14-5-7-15(8-6-14)22(26-13-23)12-16(24)11-17-18-9-10-21(4,19(17)25)20(18,2)3/h5-8,13,17-19,25H,9-12H2,1-4H3. The molecule has 5 heteroatoms. The molecule has 1 aromatic carbocycles. The number of hydrogen-bond acceptors (Lipinski definition) is 4. The third-order valence-corrected chi connectivity index (χ3v) is 7.49. The monoisotopic (exact) mass is 356 g/mol. The number of carbonyl (C=O) groups excluding carboxylic acids is 2. The number of aliphatic hydroxyl groups is 1. The minimum Gasteiger partial charge on any atom is -0.533 e. The van der Waals surface area contributed by atoms with Gasteiger partial charge in [0.15, 0.2) is 0 Å². The van der Waals surface area contributed by atoms with Crippen molar-refractivity contribution >= 4 is 24.6 Å². The van der Waals surface area contributed by atoms with E-state index in [0.717, 1.165) is 23.9 Å². The molecule has 0 heterocycles. The highest BCUT2D eigenvalue weighted by atomic mass is 16.5. The first-order valence-corrected chi connectivity index (χ1v) is 9.56. The van der Waals surface area contributed by atoms with Gasteiger partial charge in [-0.05, 0) is 47.9 Å². The molecule has 0 radical (unpaired) electrons. The number of aliphatic hydroxyl groups excluding tert-OH is 1. The fourth-order valence-corrected chi connectivity index (χ4v) is 5.43. The highest BCUT2D eigenvalue weighted by molar-refractivity contribution is 6.71. The van der Waals surface area contributed by atoms with Crippen LogP contribution in [0.1, 0.15) is 45.6 Å². The Bertz CT molecular complexity index is 684. The summed E-state index contributed by atoms with van der Waals surface area (Å²) in [6.45, 7) is 8.45. The maximum absolute atomic E-state index is 12.8. The number of Topliss-reactive ketones (excluding diaryl/α,β-unsaturated/α-hetero) is 1. The summed E-state index contributed by atoms with van der Waals surface area (Å²) in [6.07, 6.45) is 2.18. The summed E-state index contributed by atoms with van der Waals surface area (Å²) in [6, 6.07) is 7.69. The Balaban J connectivity index is 1.70. The van der Waals surface area contributed by atoms with Crippen LogP contribution in [0, 0.1) is 29.6 Å². The average Bonchev–Trinajstić information content (AvgIpc) is 2.89. The van der Waals surface area contributed by atoms with Gasteiger partial charge in [-0.3, -0.25) is 4.79 Å². The molecular formula is C21H29BO4. The van der Waals surface area contributed by atoms with Gasteiger partial charge < -0.3 is 14.6 Å². The van der Waals surface area contributed by atoms with Crippen LogP contribution in [0.5, 0.6) is 0 Å². The van der Waals surface area contributed by atoms with Crippen LogP contribution < -0.4 is 5.46 Å².